The average molecular weight is 233 g/mol. The minimum absolute atomic E-state index is 0.788. The summed E-state index contributed by atoms with van der Waals surface area (Å²) in [6, 6.07) is 0. The lowest BCUT2D eigenvalue weighted by Gasteiger charge is -2.01. The summed E-state index contributed by atoms with van der Waals surface area (Å²) in [5.74, 6) is 0. The van der Waals surface area contributed by atoms with Gasteiger partial charge in [-0.05, 0) is 6.54 Å². The van der Waals surface area contributed by atoms with E-state index in [9.17, 15) is 4.57 Å². The molecule has 0 amide bonds. The Labute approximate surface area is 57.0 Å². The molecule has 0 spiro atoms. The molecule has 1 N–H and O–H groups in total. The molecule has 0 aromatic rings. The first kappa shape index (κ1) is 7.92. The Balaban J connectivity index is 3.36. The van der Waals surface area contributed by atoms with Crippen LogP contribution in [0.1, 0.15) is 6.92 Å². The number of hydrogen-bond donors (Lipinski definition) is 1. The second kappa shape index (κ2) is 3.05. The molecular weight excluding hydrogens is 224 g/mol. The molecule has 0 aromatic carbocycles. The summed E-state index contributed by atoms with van der Waals surface area (Å²) >= 11 is 1.92. The van der Waals surface area contributed by atoms with Gasteiger partial charge in [0.2, 0.25) is 4.94 Å². The molecule has 0 rings (SSSR count). The second-order valence-corrected chi connectivity index (χ2v) is 8.81. The molecule has 7 heavy (non-hydrogen) atoms. The van der Waals surface area contributed by atoms with E-state index in [1.807, 2.05) is 29.0 Å². The smallest absolute Gasteiger partial charge is 0.200 e. The molecule has 1 atom stereocenters. The molecule has 44 valence electrons. The third-order valence-electron chi connectivity index (χ3n) is 0.441. The lowest BCUT2D eigenvalue weighted by molar-refractivity contribution is 0.582. The minimum Gasteiger partial charge on any atom is -0.296 e. The van der Waals surface area contributed by atoms with E-state index in [0.29, 0.717) is 0 Å². The Morgan fingerprint density at radius 2 is 2.29 bits per heavy atom. The van der Waals surface area contributed by atoms with E-state index in [4.69, 9.17) is 0 Å². The van der Waals surface area contributed by atoms with Gasteiger partial charge in [-0.25, -0.2) is 0 Å². The van der Waals surface area contributed by atoms with Crippen LogP contribution in [0.5, 0.6) is 0 Å². The van der Waals surface area contributed by atoms with Gasteiger partial charge < -0.3 is 0 Å². The zero-order chi connectivity index (χ0) is 5.91. The predicted octanol–water partition coefficient (Wildman–Crippen LogP) is 1.85. The van der Waals surface area contributed by atoms with Crippen molar-refractivity contribution < 1.29 is 4.57 Å². The van der Waals surface area contributed by atoms with Gasteiger partial charge in [-0.2, -0.15) is 0 Å². The number of rotatable bonds is 2. The highest BCUT2D eigenvalue weighted by Gasteiger charge is 2.02. The van der Waals surface area contributed by atoms with Gasteiger partial charge in [0.15, 0.2) is 0 Å². The zero-order valence-electron chi connectivity index (χ0n) is 4.44. The summed E-state index contributed by atoms with van der Waals surface area (Å²) < 4.78 is 10.7. The Morgan fingerprint density at radius 1 is 1.86 bits per heavy atom. The van der Waals surface area contributed by atoms with E-state index >= 15 is 0 Å². The SMILES string of the molecule is CCNP(C)(=O)I. The Bertz CT molecular complexity index is 88.9. The molecule has 0 bridgehead atoms. The fourth-order valence-corrected chi connectivity index (χ4v) is 1.87. The van der Waals surface area contributed by atoms with Crippen molar-refractivity contribution in [2.75, 3.05) is 13.2 Å². The largest absolute Gasteiger partial charge is 0.296 e. The van der Waals surface area contributed by atoms with E-state index in [2.05, 4.69) is 5.09 Å². The highest BCUT2D eigenvalue weighted by atomic mass is 127. The molecule has 0 radical (unpaired) electrons. The van der Waals surface area contributed by atoms with Crippen LogP contribution in [-0.2, 0) is 4.57 Å². The fourth-order valence-electron chi connectivity index (χ4n) is 0.282. The molecule has 0 saturated carbocycles. The maximum atomic E-state index is 10.7. The van der Waals surface area contributed by atoms with Crippen LogP contribution < -0.4 is 5.09 Å². The monoisotopic (exact) mass is 233 g/mol. The van der Waals surface area contributed by atoms with Gasteiger partial charge in [0.1, 0.15) is 0 Å². The summed E-state index contributed by atoms with van der Waals surface area (Å²) in [6.45, 7) is 4.43. The molecule has 0 saturated heterocycles. The van der Waals surface area contributed by atoms with Crippen molar-refractivity contribution in [3.8, 4) is 0 Å². The molecule has 0 aliphatic heterocycles. The first-order valence-electron chi connectivity index (χ1n) is 2.08. The van der Waals surface area contributed by atoms with E-state index in [1.54, 1.807) is 6.66 Å². The van der Waals surface area contributed by atoms with Crippen molar-refractivity contribution in [3.63, 3.8) is 0 Å². The Hall–Kier alpha value is 0.920. The van der Waals surface area contributed by atoms with Crippen molar-refractivity contribution in [1.82, 2.24) is 5.09 Å². The van der Waals surface area contributed by atoms with E-state index < -0.39 is 4.94 Å². The molecule has 2 nitrogen and oxygen atoms in total. The minimum atomic E-state index is -1.95. The third kappa shape index (κ3) is 6.92. The summed E-state index contributed by atoms with van der Waals surface area (Å²) in [6.07, 6.45) is 0. The Kier molecular flexibility index (Phi) is 3.45. The molecule has 0 aromatic heterocycles. The van der Waals surface area contributed by atoms with Crippen LogP contribution in [0.15, 0.2) is 0 Å². The van der Waals surface area contributed by atoms with Crippen molar-refractivity contribution in [2.24, 2.45) is 0 Å². The van der Waals surface area contributed by atoms with E-state index in [1.165, 1.54) is 0 Å². The molecule has 0 heterocycles. The molecule has 4 heteroatoms. The first-order chi connectivity index (χ1) is 3.06. The molecule has 0 aliphatic rings. The molecule has 1 unspecified atom stereocenters. The summed E-state index contributed by atoms with van der Waals surface area (Å²) in [5, 5.41) is 2.83. The van der Waals surface area contributed by atoms with Crippen LogP contribution >= 0.6 is 27.0 Å². The number of hydrogen-bond acceptors (Lipinski definition) is 1. The van der Waals surface area contributed by atoms with E-state index in [-0.39, 0.29) is 0 Å². The lowest BCUT2D eigenvalue weighted by atomic mass is 10.8. The maximum Gasteiger partial charge on any atom is 0.200 e. The van der Waals surface area contributed by atoms with Crippen LogP contribution in [0, 0.1) is 0 Å². The van der Waals surface area contributed by atoms with Gasteiger partial charge in [0.05, 0.1) is 0 Å². The third-order valence-corrected chi connectivity index (χ3v) is 2.35. The molecular formula is C3H9INOP. The van der Waals surface area contributed by atoms with Gasteiger partial charge in [-0.1, -0.05) is 6.92 Å². The van der Waals surface area contributed by atoms with Gasteiger partial charge in [0, 0.05) is 28.7 Å². The van der Waals surface area contributed by atoms with Gasteiger partial charge in [-0.15, -0.1) is 0 Å². The fraction of sp³-hybridized carbons (Fsp3) is 1.00. The lowest BCUT2D eigenvalue weighted by Crippen LogP contribution is -2.02. The quantitative estimate of drug-likeness (QED) is 0.582. The molecule has 0 aliphatic carbocycles. The number of halogens is 1. The van der Waals surface area contributed by atoms with Crippen molar-refractivity contribution in [3.05, 3.63) is 0 Å². The zero-order valence-corrected chi connectivity index (χ0v) is 7.49. The summed E-state index contributed by atoms with van der Waals surface area (Å²) in [5.41, 5.74) is 0. The molecule has 0 fully saturated rings. The van der Waals surface area contributed by atoms with Gasteiger partial charge in [-0.3, -0.25) is 9.65 Å². The predicted molar refractivity (Wildman–Crippen MR) is 41.2 cm³/mol. The van der Waals surface area contributed by atoms with Crippen LogP contribution in [0.25, 0.3) is 0 Å². The van der Waals surface area contributed by atoms with Gasteiger partial charge in [0.25, 0.3) is 0 Å². The van der Waals surface area contributed by atoms with Crippen LogP contribution in [0.2, 0.25) is 0 Å². The van der Waals surface area contributed by atoms with Crippen LogP contribution in [0.3, 0.4) is 0 Å². The first-order valence-corrected chi connectivity index (χ1v) is 7.02. The second-order valence-electron chi connectivity index (χ2n) is 1.33. The topological polar surface area (TPSA) is 29.1 Å². The standard InChI is InChI=1S/C3H9INOP/c1-3-5-7(2,4)6/h3H2,1-2H3,(H,5,6). The van der Waals surface area contributed by atoms with Gasteiger partial charge >= 0.3 is 0 Å². The number of nitrogens with one attached hydrogen (secondary N) is 1. The maximum absolute atomic E-state index is 10.7. The van der Waals surface area contributed by atoms with E-state index in [0.717, 1.165) is 6.54 Å². The van der Waals surface area contributed by atoms with Crippen LogP contribution in [-0.4, -0.2) is 13.2 Å². The Morgan fingerprint density at radius 3 is 2.29 bits per heavy atom. The normalized spacial score (nSPS) is 18.7. The van der Waals surface area contributed by atoms with Crippen LogP contribution in [0.4, 0.5) is 0 Å². The summed E-state index contributed by atoms with van der Waals surface area (Å²) in [4.78, 5) is -1.95. The highest BCUT2D eigenvalue weighted by molar-refractivity contribution is 14.2. The van der Waals surface area contributed by atoms with Crippen molar-refractivity contribution in [2.45, 2.75) is 6.92 Å². The highest BCUT2D eigenvalue weighted by Crippen LogP contribution is 2.45. The van der Waals surface area contributed by atoms with Crippen molar-refractivity contribution >= 4 is 27.0 Å². The van der Waals surface area contributed by atoms with Crippen molar-refractivity contribution in [1.29, 1.82) is 0 Å². The summed E-state index contributed by atoms with van der Waals surface area (Å²) in [7, 11) is 0. The average Bonchev–Trinajstić information content (AvgIpc) is 1.30.